The lowest BCUT2D eigenvalue weighted by molar-refractivity contribution is 0.601. The van der Waals surface area contributed by atoms with Crippen LogP contribution in [0.1, 0.15) is 5.56 Å². The van der Waals surface area contributed by atoms with Gasteiger partial charge in [-0.15, -0.1) is 0 Å². The van der Waals surface area contributed by atoms with Crippen LogP contribution in [-0.2, 0) is 10.0 Å². The topological polar surface area (TPSA) is 85.1 Å². The van der Waals surface area contributed by atoms with E-state index in [1.54, 1.807) is 37.3 Å². The number of aromatic nitrogens is 1. The molecule has 1 aromatic heterocycles. The van der Waals surface area contributed by atoms with E-state index in [2.05, 4.69) is 25.6 Å². The summed E-state index contributed by atoms with van der Waals surface area (Å²) in [5.41, 5.74) is 6.54. The first-order valence-electron chi connectivity index (χ1n) is 5.40. The molecule has 0 saturated heterocycles. The van der Waals surface area contributed by atoms with Gasteiger partial charge in [0.15, 0.2) is 5.82 Å². The standard InChI is InChI=1S/C12H12BrN3O2S/c1-8-4-2-6-10(14)11(8)19(17,18)16-12-9(13)5-3-7-15-12/h2-7H,14H2,1H3,(H,15,16). The molecule has 0 radical (unpaired) electrons. The average molecular weight is 342 g/mol. The second-order valence-electron chi connectivity index (χ2n) is 3.93. The molecule has 7 heteroatoms. The van der Waals surface area contributed by atoms with Crippen LogP contribution in [0.2, 0.25) is 0 Å². The number of anilines is 2. The Morgan fingerprint density at radius 2 is 2.00 bits per heavy atom. The number of halogens is 1. The van der Waals surface area contributed by atoms with Gasteiger partial charge in [0, 0.05) is 6.20 Å². The Labute approximate surface area is 120 Å². The van der Waals surface area contributed by atoms with E-state index in [-0.39, 0.29) is 16.4 Å². The number of sulfonamides is 1. The van der Waals surface area contributed by atoms with Gasteiger partial charge in [-0.05, 0) is 46.6 Å². The molecular formula is C12H12BrN3O2S. The summed E-state index contributed by atoms with van der Waals surface area (Å²) in [6.45, 7) is 1.69. The molecule has 1 heterocycles. The molecule has 0 aliphatic heterocycles. The zero-order valence-corrected chi connectivity index (χ0v) is 12.5. The highest BCUT2D eigenvalue weighted by Crippen LogP contribution is 2.26. The number of nitrogen functional groups attached to an aromatic ring is 1. The predicted octanol–water partition coefficient (Wildman–Crippen LogP) is 2.54. The van der Waals surface area contributed by atoms with Crippen molar-refractivity contribution >= 4 is 37.5 Å². The summed E-state index contributed by atoms with van der Waals surface area (Å²) in [7, 11) is -3.76. The third-order valence-electron chi connectivity index (χ3n) is 2.50. The molecule has 1 aromatic carbocycles. The summed E-state index contributed by atoms with van der Waals surface area (Å²) in [4.78, 5) is 4.05. The van der Waals surface area contributed by atoms with E-state index in [0.717, 1.165) is 0 Å². The van der Waals surface area contributed by atoms with Crippen molar-refractivity contribution in [3.8, 4) is 0 Å². The SMILES string of the molecule is Cc1cccc(N)c1S(=O)(=O)Nc1ncccc1Br. The number of nitrogens with zero attached hydrogens (tertiary/aromatic N) is 1. The number of rotatable bonds is 3. The number of hydrogen-bond donors (Lipinski definition) is 2. The molecule has 0 fully saturated rings. The smallest absolute Gasteiger partial charge is 0.265 e. The van der Waals surface area contributed by atoms with Crippen LogP contribution in [0.3, 0.4) is 0 Å². The molecular weight excluding hydrogens is 330 g/mol. The van der Waals surface area contributed by atoms with Crippen LogP contribution in [0.25, 0.3) is 0 Å². The zero-order chi connectivity index (χ0) is 14.0. The number of aryl methyl sites for hydroxylation is 1. The van der Waals surface area contributed by atoms with E-state index in [4.69, 9.17) is 5.73 Å². The summed E-state index contributed by atoms with van der Waals surface area (Å²) in [6, 6.07) is 8.35. The summed E-state index contributed by atoms with van der Waals surface area (Å²) < 4.78 is 27.7. The number of benzene rings is 1. The molecule has 0 spiro atoms. The fraction of sp³-hybridized carbons (Fsp3) is 0.0833. The highest BCUT2D eigenvalue weighted by atomic mass is 79.9. The van der Waals surface area contributed by atoms with Crippen molar-refractivity contribution in [2.24, 2.45) is 0 Å². The van der Waals surface area contributed by atoms with Gasteiger partial charge in [0.05, 0.1) is 10.2 Å². The minimum atomic E-state index is -3.76. The monoisotopic (exact) mass is 341 g/mol. The largest absolute Gasteiger partial charge is 0.398 e. The number of pyridine rings is 1. The van der Waals surface area contributed by atoms with Crippen LogP contribution >= 0.6 is 15.9 Å². The first-order valence-corrected chi connectivity index (χ1v) is 7.68. The van der Waals surface area contributed by atoms with Crippen molar-refractivity contribution in [1.82, 2.24) is 4.98 Å². The average Bonchev–Trinajstić information content (AvgIpc) is 2.31. The van der Waals surface area contributed by atoms with Gasteiger partial charge in [0.1, 0.15) is 4.90 Å². The fourth-order valence-corrected chi connectivity index (χ4v) is 3.56. The molecule has 0 aliphatic carbocycles. The van der Waals surface area contributed by atoms with E-state index in [1.165, 1.54) is 6.20 Å². The van der Waals surface area contributed by atoms with Crippen LogP contribution in [0.15, 0.2) is 45.9 Å². The molecule has 2 rings (SSSR count). The lowest BCUT2D eigenvalue weighted by Gasteiger charge is -2.12. The highest BCUT2D eigenvalue weighted by Gasteiger charge is 2.21. The first-order chi connectivity index (χ1) is 8.92. The maximum absolute atomic E-state index is 12.3. The quantitative estimate of drug-likeness (QED) is 0.840. The Bertz CT molecular complexity index is 696. The van der Waals surface area contributed by atoms with E-state index >= 15 is 0 Å². The number of hydrogen-bond acceptors (Lipinski definition) is 4. The molecule has 5 nitrogen and oxygen atoms in total. The Morgan fingerprint density at radius 3 is 2.63 bits per heavy atom. The molecule has 0 aliphatic rings. The van der Waals surface area contributed by atoms with Crippen LogP contribution < -0.4 is 10.5 Å². The second kappa shape index (κ2) is 5.18. The van der Waals surface area contributed by atoms with Crippen molar-refractivity contribution in [2.45, 2.75) is 11.8 Å². The Morgan fingerprint density at radius 1 is 1.26 bits per heavy atom. The molecule has 0 amide bonds. The highest BCUT2D eigenvalue weighted by molar-refractivity contribution is 9.10. The summed E-state index contributed by atoms with van der Waals surface area (Å²) in [6.07, 6.45) is 1.50. The van der Waals surface area contributed by atoms with E-state index in [1.807, 2.05) is 0 Å². The van der Waals surface area contributed by atoms with Gasteiger partial charge >= 0.3 is 0 Å². The van der Waals surface area contributed by atoms with E-state index < -0.39 is 10.0 Å². The van der Waals surface area contributed by atoms with Crippen molar-refractivity contribution in [1.29, 1.82) is 0 Å². The second-order valence-corrected chi connectivity index (χ2v) is 6.41. The van der Waals surface area contributed by atoms with Gasteiger partial charge in [-0.1, -0.05) is 12.1 Å². The molecule has 0 bridgehead atoms. The van der Waals surface area contributed by atoms with Gasteiger partial charge < -0.3 is 5.73 Å². The van der Waals surface area contributed by atoms with E-state index in [0.29, 0.717) is 10.0 Å². The lowest BCUT2D eigenvalue weighted by atomic mass is 10.2. The predicted molar refractivity (Wildman–Crippen MR) is 78.3 cm³/mol. The summed E-state index contributed by atoms with van der Waals surface area (Å²) in [5, 5.41) is 0. The molecule has 2 aromatic rings. The minimum absolute atomic E-state index is 0.0764. The molecule has 19 heavy (non-hydrogen) atoms. The molecule has 100 valence electrons. The van der Waals surface area contributed by atoms with Crippen molar-refractivity contribution < 1.29 is 8.42 Å². The van der Waals surface area contributed by atoms with Crippen molar-refractivity contribution in [3.05, 3.63) is 46.6 Å². The maximum atomic E-state index is 12.3. The molecule has 3 N–H and O–H groups in total. The minimum Gasteiger partial charge on any atom is -0.398 e. The molecule has 0 unspecified atom stereocenters. The summed E-state index contributed by atoms with van der Waals surface area (Å²) in [5.74, 6) is 0.227. The van der Waals surface area contributed by atoms with Crippen LogP contribution in [-0.4, -0.2) is 13.4 Å². The van der Waals surface area contributed by atoms with Gasteiger partial charge in [-0.3, -0.25) is 4.72 Å². The number of nitrogens with two attached hydrogens (primary N) is 1. The Kier molecular flexibility index (Phi) is 3.77. The molecule has 0 saturated carbocycles. The van der Waals surface area contributed by atoms with Crippen LogP contribution in [0.4, 0.5) is 11.5 Å². The number of nitrogens with one attached hydrogen (secondary N) is 1. The lowest BCUT2D eigenvalue weighted by Crippen LogP contribution is -2.17. The molecule has 0 atom stereocenters. The Hall–Kier alpha value is -1.60. The maximum Gasteiger partial charge on any atom is 0.265 e. The van der Waals surface area contributed by atoms with Crippen molar-refractivity contribution in [3.63, 3.8) is 0 Å². The summed E-state index contributed by atoms with van der Waals surface area (Å²) >= 11 is 3.24. The van der Waals surface area contributed by atoms with Gasteiger partial charge in [-0.2, -0.15) is 0 Å². The van der Waals surface area contributed by atoms with Gasteiger partial charge in [0.2, 0.25) is 0 Å². The fourth-order valence-electron chi connectivity index (χ4n) is 1.68. The third-order valence-corrected chi connectivity index (χ3v) is 4.70. The van der Waals surface area contributed by atoms with Crippen LogP contribution in [0.5, 0.6) is 0 Å². The van der Waals surface area contributed by atoms with Crippen molar-refractivity contribution in [2.75, 3.05) is 10.5 Å². The van der Waals surface area contributed by atoms with Gasteiger partial charge in [0.25, 0.3) is 10.0 Å². The third kappa shape index (κ3) is 2.87. The van der Waals surface area contributed by atoms with Gasteiger partial charge in [-0.25, -0.2) is 13.4 Å². The normalized spacial score (nSPS) is 11.3. The van der Waals surface area contributed by atoms with Crippen LogP contribution in [0, 0.1) is 6.92 Å². The Balaban J connectivity index is 2.47. The zero-order valence-electron chi connectivity index (χ0n) is 10.1. The van der Waals surface area contributed by atoms with E-state index in [9.17, 15) is 8.42 Å². The first kappa shape index (κ1) is 13.8.